The van der Waals surface area contributed by atoms with Crippen molar-refractivity contribution >= 4 is 39.4 Å². The number of rotatable bonds is 8. The third kappa shape index (κ3) is 6.16. The zero-order chi connectivity index (χ0) is 23.0. The van der Waals surface area contributed by atoms with Crippen LogP contribution in [0.25, 0.3) is 16.2 Å². The minimum atomic E-state index is -0.386. The SMILES string of the molecule is COC(=O)c1cc2c(Oc3ccc(/C=C/C(=O)NCCN4CCOCC4)cc3)cncc2s1. The van der Waals surface area contributed by atoms with Crippen LogP contribution in [0.2, 0.25) is 0 Å². The van der Waals surface area contributed by atoms with Crippen LogP contribution in [0, 0.1) is 0 Å². The molecule has 3 heterocycles. The molecule has 3 aromatic rings. The highest BCUT2D eigenvalue weighted by molar-refractivity contribution is 7.20. The highest BCUT2D eigenvalue weighted by Crippen LogP contribution is 2.34. The summed E-state index contributed by atoms with van der Waals surface area (Å²) in [6.45, 7) is 4.74. The maximum Gasteiger partial charge on any atom is 0.348 e. The quantitative estimate of drug-likeness (QED) is 0.401. The van der Waals surface area contributed by atoms with Crippen molar-refractivity contribution in [1.29, 1.82) is 0 Å². The number of methoxy groups -OCH3 is 1. The number of hydrogen-bond donors (Lipinski definition) is 1. The molecule has 8 nitrogen and oxygen atoms in total. The second kappa shape index (κ2) is 11.0. The summed E-state index contributed by atoms with van der Waals surface area (Å²) >= 11 is 1.31. The molecule has 1 saturated heterocycles. The van der Waals surface area contributed by atoms with Crippen LogP contribution < -0.4 is 10.1 Å². The first-order valence-corrected chi connectivity index (χ1v) is 11.4. The molecular formula is C24H25N3O5S. The zero-order valence-corrected chi connectivity index (χ0v) is 19.1. The summed E-state index contributed by atoms with van der Waals surface area (Å²) in [6.07, 6.45) is 6.60. The highest BCUT2D eigenvalue weighted by atomic mass is 32.1. The van der Waals surface area contributed by atoms with Crippen molar-refractivity contribution in [1.82, 2.24) is 15.2 Å². The predicted molar refractivity (Wildman–Crippen MR) is 127 cm³/mol. The van der Waals surface area contributed by atoms with Crippen LogP contribution in [0.3, 0.4) is 0 Å². The number of aromatic nitrogens is 1. The van der Waals surface area contributed by atoms with E-state index in [0.717, 1.165) is 48.5 Å². The number of morpholine rings is 1. The minimum absolute atomic E-state index is 0.125. The van der Waals surface area contributed by atoms with Crippen molar-refractivity contribution in [3.63, 3.8) is 0 Å². The van der Waals surface area contributed by atoms with Gasteiger partial charge in [0.15, 0.2) is 5.75 Å². The topological polar surface area (TPSA) is 90.0 Å². The van der Waals surface area contributed by atoms with Crippen molar-refractivity contribution in [2.24, 2.45) is 0 Å². The van der Waals surface area contributed by atoms with E-state index in [1.165, 1.54) is 24.5 Å². The molecule has 172 valence electrons. The van der Waals surface area contributed by atoms with Gasteiger partial charge in [-0.3, -0.25) is 14.7 Å². The molecule has 0 unspecified atom stereocenters. The lowest BCUT2D eigenvalue weighted by atomic mass is 10.2. The van der Waals surface area contributed by atoms with Gasteiger partial charge in [-0.25, -0.2) is 4.79 Å². The molecule has 0 atom stereocenters. The molecule has 0 radical (unpaired) electrons. The Morgan fingerprint density at radius 1 is 1.21 bits per heavy atom. The monoisotopic (exact) mass is 467 g/mol. The lowest BCUT2D eigenvalue weighted by molar-refractivity contribution is -0.116. The number of ether oxygens (including phenoxy) is 3. The summed E-state index contributed by atoms with van der Waals surface area (Å²) in [5.41, 5.74) is 0.880. The number of carbonyl (C=O) groups excluding carboxylic acids is 2. The van der Waals surface area contributed by atoms with Crippen LogP contribution in [0.1, 0.15) is 15.2 Å². The fraction of sp³-hybridized carbons (Fsp3) is 0.292. The number of esters is 1. The Morgan fingerprint density at radius 3 is 2.76 bits per heavy atom. The smallest absolute Gasteiger partial charge is 0.348 e. The summed E-state index contributed by atoms with van der Waals surface area (Å²) in [4.78, 5) is 30.8. The molecule has 33 heavy (non-hydrogen) atoms. The molecule has 0 bridgehead atoms. The van der Waals surface area contributed by atoms with E-state index in [4.69, 9.17) is 14.2 Å². The average Bonchev–Trinajstić information content (AvgIpc) is 3.29. The number of nitrogens with one attached hydrogen (secondary N) is 1. The van der Waals surface area contributed by atoms with Gasteiger partial charge < -0.3 is 19.5 Å². The standard InChI is InChI=1S/C24H25N3O5S/c1-30-24(29)21-14-19-20(15-25-16-22(19)33-21)32-18-5-2-17(3-6-18)4-7-23(28)26-8-9-27-10-12-31-13-11-27/h2-7,14-16H,8-13H2,1H3,(H,26,28)/b7-4+. The number of fused-ring (bicyclic) bond motifs is 1. The van der Waals surface area contributed by atoms with Gasteiger partial charge in [0, 0.05) is 43.8 Å². The van der Waals surface area contributed by atoms with Gasteiger partial charge in [0.1, 0.15) is 10.6 Å². The predicted octanol–water partition coefficient (Wildman–Crippen LogP) is 3.34. The van der Waals surface area contributed by atoms with Crippen LogP contribution in [-0.2, 0) is 14.3 Å². The average molecular weight is 468 g/mol. The third-order valence-electron chi connectivity index (χ3n) is 5.16. The van der Waals surface area contributed by atoms with Crippen LogP contribution >= 0.6 is 11.3 Å². The molecule has 1 aliphatic rings. The van der Waals surface area contributed by atoms with Gasteiger partial charge in [-0.15, -0.1) is 11.3 Å². The van der Waals surface area contributed by atoms with Crippen molar-refractivity contribution in [3.05, 3.63) is 59.2 Å². The van der Waals surface area contributed by atoms with E-state index in [-0.39, 0.29) is 11.9 Å². The summed E-state index contributed by atoms with van der Waals surface area (Å²) in [5, 5.41) is 3.70. The number of pyridine rings is 1. The van der Waals surface area contributed by atoms with Crippen molar-refractivity contribution < 1.29 is 23.8 Å². The number of thiophene rings is 1. The van der Waals surface area contributed by atoms with Gasteiger partial charge in [0.05, 0.1) is 31.2 Å². The van der Waals surface area contributed by atoms with Crippen molar-refractivity contribution in [2.75, 3.05) is 46.5 Å². The second-order valence-electron chi connectivity index (χ2n) is 7.40. The summed E-state index contributed by atoms with van der Waals surface area (Å²) in [7, 11) is 1.35. The molecule has 1 N–H and O–H groups in total. The van der Waals surface area contributed by atoms with E-state index in [1.54, 1.807) is 24.5 Å². The Labute approximate surface area is 195 Å². The fourth-order valence-corrected chi connectivity index (χ4v) is 4.35. The Balaban J connectivity index is 1.32. The molecule has 2 aromatic heterocycles. The Hall–Kier alpha value is -3.27. The lowest BCUT2D eigenvalue weighted by Crippen LogP contribution is -2.41. The second-order valence-corrected chi connectivity index (χ2v) is 8.48. The zero-order valence-electron chi connectivity index (χ0n) is 18.3. The number of hydrogen-bond acceptors (Lipinski definition) is 8. The van der Waals surface area contributed by atoms with E-state index < -0.39 is 0 Å². The minimum Gasteiger partial charge on any atom is -0.465 e. The summed E-state index contributed by atoms with van der Waals surface area (Å²) in [6, 6.07) is 9.13. The molecule has 0 spiro atoms. The van der Waals surface area contributed by atoms with Gasteiger partial charge in [-0.1, -0.05) is 12.1 Å². The van der Waals surface area contributed by atoms with Crippen LogP contribution in [0.4, 0.5) is 0 Å². The Kier molecular flexibility index (Phi) is 7.66. The lowest BCUT2D eigenvalue weighted by Gasteiger charge is -2.26. The van der Waals surface area contributed by atoms with Crippen LogP contribution in [0.5, 0.6) is 11.5 Å². The van der Waals surface area contributed by atoms with E-state index in [2.05, 4.69) is 15.2 Å². The van der Waals surface area contributed by atoms with Crippen LogP contribution in [0.15, 0.2) is 48.8 Å². The molecule has 4 rings (SSSR count). The van der Waals surface area contributed by atoms with Gasteiger partial charge in [-0.05, 0) is 29.8 Å². The van der Waals surface area contributed by atoms with E-state index >= 15 is 0 Å². The van der Waals surface area contributed by atoms with Gasteiger partial charge in [-0.2, -0.15) is 0 Å². The molecule has 1 amide bonds. The molecule has 1 fully saturated rings. The maximum absolute atomic E-state index is 12.1. The van der Waals surface area contributed by atoms with E-state index in [9.17, 15) is 9.59 Å². The Morgan fingerprint density at radius 2 is 2.00 bits per heavy atom. The first kappa shape index (κ1) is 22.9. The normalized spacial score (nSPS) is 14.5. The van der Waals surface area contributed by atoms with Gasteiger partial charge >= 0.3 is 5.97 Å². The van der Waals surface area contributed by atoms with Crippen molar-refractivity contribution in [2.45, 2.75) is 0 Å². The molecule has 1 aliphatic heterocycles. The van der Waals surface area contributed by atoms with Gasteiger partial charge in [0.25, 0.3) is 0 Å². The first-order chi connectivity index (χ1) is 16.1. The number of benzene rings is 1. The number of nitrogens with zero attached hydrogens (tertiary/aromatic N) is 2. The Bertz CT molecular complexity index is 1140. The molecule has 1 aromatic carbocycles. The fourth-order valence-electron chi connectivity index (χ4n) is 3.39. The highest BCUT2D eigenvalue weighted by Gasteiger charge is 2.14. The third-order valence-corrected chi connectivity index (χ3v) is 6.21. The van der Waals surface area contributed by atoms with Crippen LogP contribution in [-0.4, -0.2) is 68.3 Å². The number of amides is 1. The first-order valence-electron chi connectivity index (χ1n) is 10.6. The summed E-state index contributed by atoms with van der Waals surface area (Å²) in [5.74, 6) is 0.674. The van der Waals surface area contributed by atoms with E-state index in [1.807, 2.05) is 24.3 Å². The van der Waals surface area contributed by atoms with E-state index in [0.29, 0.717) is 22.9 Å². The number of carbonyl (C=O) groups is 2. The summed E-state index contributed by atoms with van der Waals surface area (Å²) < 4.78 is 16.9. The molecule has 9 heteroatoms. The molecular weight excluding hydrogens is 442 g/mol. The van der Waals surface area contributed by atoms with Gasteiger partial charge in [0.2, 0.25) is 5.91 Å². The molecule has 0 saturated carbocycles. The largest absolute Gasteiger partial charge is 0.465 e. The molecule has 0 aliphatic carbocycles. The van der Waals surface area contributed by atoms with Crippen molar-refractivity contribution in [3.8, 4) is 11.5 Å². The maximum atomic E-state index is 12.1.